The fourth-order valence-electron chi connectivity index (χ4n) is 11.6. The molecule has 0 saturated heterocycles. The molecule has 12 aromatic rings. The Labute approximate surface area is 396 Å². The van der Waals surface area contributed by atoms with E-state index in [0.717, 1.165) is 24.2 Å². The molecule has 0 aromatic heterocycles. The van der Waals surface area contributed by atoms with Crippen LogP contribution in [0, 0.1) is 0 Å². The number of anilines is 6. The molecule has 68 heavy (non-hydrogen) atoms. The molecule has 0 bridgehead atoms. The largest absolute Gasteiger partial charge is 0.310 e. The number of benzene rings is 12. The molecule has 12 aromatic carbocycles. The average molecular weight is 865 g/mol. The number of fused-ring (bicyclic) bond motifs is 8. The summed E-state index contributed by atoms with van der Waals surface area (Å²) in [6.45, 7) is 0. The number of hydrogen-bond donors (Lipinski definition) is 0. The summed E-state index contributed by atoms with van der Waals surface area (Å²) < 4.78 is 0. The summed E-state index contributed by atoms with van der Waals surface area (Å²) in [7, 11) is 0. The highest BCUT2D eigenvalue weighted by molar-refractivity contribution is 6.27. The van der Waals surface area contributed by atoms with Crippen LogP contribution in [0.15, 0.2) is 243 Å². The van der Waals surface area contributed by atoms with E-state index in [1.54, 1.807) is 0 Å². The maximum atomic E-state index is 2.49. The SMILES string of the molecule is c1ccc(-c2ccc(-c3c4ccc(N5c6ccccc6Cc6ccccc65)cc4c(-c4cccc5ccccc45)c4ccc(N5c6ccccc6Cc6ccccc65)cc34)c3ccccc23)cc1. The van der Waals surface area contributed by atoms with Gasteiger partial charge in [-0.25, -0.2) is 0 Å². The lowest BCUT2D eigenvalue weighted by molar-refractivity contribution is 1.09. The second-order valence-electron chi connectivity index (χ2n) is 18.3. The number of hydrogen-bond acceptors (Lipinski definition) is 2. The Hall–Kier alpha value is -8.72. The van der Waals surface area contributed by atoms with Gasteiger partial charge < -0.3 is 9.80 Å². The highest BCUT2D eigenvalue weighted by atomic mass is 15.2. The highest BCUT2D eigenvalue weighted by Crippen LogP contribution is 2.53. The quantitative estimate of drug-likeness (QED) is 0.159. The zero-order valence-electron chi connectivity index (χ0n) is 37.4. The molecule has 318 valence electrons. The molecule has 2 nitrogen and oxygen atoms in total. The number of nitrogens with zero attached hydrogens (tertiary/aromatic N) is 2. The van der Waals surface area contributed by atoms with Crippen molar-refractivity contribution in [3.05, 3.63) is 265 Å². The summed E-state index contributed by atoms with van der Waals surface area (Å²) in [6.07, 6.45) is 1.82. The minimum Gasteiger partial charge on any atom is -0.310 e. The van der Waals surface area contributed by atoms with Crippen LogP contribution in [0.1, 0.15) is 22.3 Å². The van der Waals surface area contributed by atoms with E-state index in [-0.39, 0.29) is 0 Å². The third-order valence-corrected chi connectivity index (χ3v) is 14.6. The molecule has 14 rings (SSSR count). The van der Waals surface area contributed by atoms with Crippen LogP contribution < -0.4 is 9.80 Å². The summed E-state index contributed by atoms with van der Waals surface area (Å²) in [6, 6.07) is 90.5. The molecule has 0 unspecified atom stereocenters. The molecular weight excluding hydrogens is 821 g/mol. The number of rotatable bonds is 5. The van der Waals surface area contributed by atoms with Crippen LogP contribution in [0.2, 0.25) is 0 Å². The molecule has 0 aliphatic carbocycles. The van der Waals surface area contributed by atoms with E-state index < -0.39 is 0 Å². The van der Waals surface area contributed by atoms with E-state index in [4.69, 9.17) is 0 Å². The zero-order chi connectivity index (χ0) is 44.7. The molecular formula is C66H44N2. The minimum atomic E-state index is 0.908. The fraction of sp³-hybridized carbons (Fsp3) is 0.0303. The van der Waals surface area contributed by atoms with Crippen molar-refractivity contribution < 1.29 is 0 Å². The van der Waals surface area contributed by atoms with Gasteiger partial charge in [-0.3, -0.25) is 0 Å². The van der Waals surface area contributed by atoms with Crippen molar-refractivity contribution in [3.8, 4) is 33.4 Å². The Morgan fingerprint density at radius 3 is 1.18 bits per heavy atom. The Kier molecular flexibility index (Phi) is 8.75. The van der Waals surface area contributed by atoms with Crippen molar-refractivity contribution >= 4 is 77.2 Å². The summed E-state index contributed by atoms with van der Waals surface area (Å²) in [5.74, 6) is 0. The zero-order valence-corrected chi connectivity index (χ0v) is 37.4. The topological polar surface area (TPSA) is 6.48 Å². The normalized spacial score (nSPS) is 12.8. The first-order chi connectivity index (χ1) is 33.7. The maximum Gasteiger partial charge on any atom is 0.0497 e. The predicted octanol–water partition coefficient (Wildman–Crippen LogP) is 18.0. The molecule has 0 spiro atoms. The molecule has 2 heteroatoms. The summed E-state index contributed by atoms with van der Waals surface area (Å²) in [5.41, 5.74) is 19.9. The van der Waals surface area contributed by atoms with Gasteiger partial charge in [0.2, 0.25) is 0 Å². The monoisotopic (exact) mass is 864 g/mol. The Bertz CT molecular complexity index is 3900. The van der Waals surface area contributed by atoms with Gasteiger partial charge in [-0.05, 0) is 147 Å². The van der Waals surface area contributed by atoms with E-state index in [2.05, 4.69) is 252 Å². The second kappa shape index (κ2) is 15.4. The fourth-order valence-corrected chi connectivity index (χ4v) is 11.6. The van der Waals surface area contributed by atoms with Crippen molar-refractivity contribution in [3.63, 3.8) is 0 Å². The van der Waals surface area contributed by atoms with Crippen molar-refractivity contribution in [2.75, 3.05) is 9.80 Å². The van der Waals surface area contributed by atoms with Gasteiger partial charge >= 0.3 is 0 Å². The predicted molar refractivity (Wildman–Crippen MR) is 288 cm³/mol. The number of para-hydroxylation sites is 4. The molecule has 2 aliphatic heterocycles. The summed E-state index contributed by atoms with van der Waals surface area (Å²) in [5, 5.41) is 9.82. The standard InChI is InChI=1S/C66H44N2/c1-2-17-43(18-3-1)52-37-38-56(54-27-11-10-26-53(52)54)66-58-36-34-49(67-61-29-12-5-20-45(61)39-46-21-6-13-30-62(46)67)41-59(58)65(55-28-16-24-44-19-4-9-25-51(44)55)57-35-33-50(42-60(57)66)68-63-31-14-7-22-47(63)40-48-23-8-15-32-64(48)68/h1-38,41-42H,39-40H2. The van der Waals surface area contributed by atoms with E-state index in [0.29, 0.717) is 0 Å². The van der Waals surface area contributed by atoms with Crippen LogP contribution in [0.4, 0.5) is 34.1 Å². The molecule has 0 atom stereocenters. The van der Waals surface area contributed by atoms with Gasteiger partial charge in [-0.1, -0.05) is 194 Å². The minimum absolute atomic E-state index is 0.908. The smallest absolute Gasteiger partial charge is 0.0497 e. The van der Waals surface area contributed by atoms with Crippen molar-refractivity contribution in [1.29, 1.82) is 0 Å². The Morgan fingerprint density at radius 1 is 0.250 bits per heavy atom. The van der Waals surface area contributed by atoms with Crippen LogP contribution in [0.3, 0.4) is 0 Å². The highest BCUT2D eigenvalue weighted by Gasteiger charge is 2.28. The maximum absolute atomic E-state index is 2.49. The summed E-state index contributed by atoms with van der Waals surface area (Å²) >= 11 is 0. The Balaban J connectivity index is 1.13. The first kappa shape index (κ1) is 38.5. The van der Waals surface area contributed by atoms with Crippen molar-refractivity contribution in [1.82, 2.24) is 0 Å². The molecule has 0 saturated carbocycles. The first-order valence-electron chi connectivity index (χ1n) is 23.8. The van der Waals surface area contributed by atoms with Crippen molar-refractivity contribution in [2.24, 2.45) is 0 Å². The van der Waals surface area contributed by atoms with Crippen LogP contribution in [0.25, 0.3) is 76.5 Å². The van der Waals surface area contributed by atoms with Gasteiger partial charge in [0.25, 0.3) is 0 Å². The van der Waals surface area contributed by atoms with Crippen LogP contribution in [-0.4, -0.2) is 0 Å². The first-order valence-corrected chi connectivity index (χ1v) is 23.8. The molecule has 0 fully saturated rings. The van der Waals surface area contributed by atoms with E-state index >= 15 is 0 Å². The van der Waals surface area contributed by atoms with Crippen molar-refractivity contribution in [2.45, 2.75) is 12.8 Å². The van der Waals surface area contributed by atoms with Crippen LogP contribution in [0.5, 0.6) is 0 Å². The lowest BCUT2D eigenvalue weighted by atomic mass is 9.82. The molecule has 0 amide bonds. The molecule has 2 aliphatic rings. The van der Waals surface area contributed by atoms with Crippen LogP contribution >= 0.6 is 0 Å². The Morgan fingerprint density at radius 2 is 0.647 bits per heavy atom. The van der Waals surface area contributed by atoms with Gasteiger partial charge in [-0.15, -0.1) is 0 Å². The lowest BCUT2D eigenvalue weighted by Gasteiger charge is -2.34. The van der Waals surface area contributed by atoms with Gasteiger partial charge in [0.1, 0.15) is 0 Å². The molecule has 0 N–H and O–H groups in total. The molecule has 2 heterocycles. The summed E-state index contributed by atoms with van der Waals surface area (Å²) in [4.78, 5) is 4.98. The molecule has 0 radical (unpaired) electrons. The van der Waals surface area contributed by atoms with Gasteiger partial charge in [-0.2, -0.15) is 0 Å². The van der Waals surface area contributed by atoms with Crippen LogP contribution in [-0.2, 0) is 12.8 Å². The van der Waals surface area contributed by atoms with Gasteiger partial charge in [0, 0.05) is 47.0 Å². The third-order valence-electron chi connectivity index (χ3n) is 14.6. The van der Waals surface area contributed by atoms with Gasteiger partial charge in [0.05, 0.1) is 0 Å². The van der Waals surface area contributed by atoms with Gasteiger partial charge in [0.15, 0.2) is 0 Å². The lowest BCUT2D eigenvalue weighted by Crippen LogP contribution is -2.18. The third kappa shape index (κ3) is 5.97. The van der Waals surface area contributed by atoms with E-state index in [1.807, 2.05) is 0 Å². The van der Waals surface area contributed by atoms with E-state index in [9.17, 15) is 0 Å². The average Bonchev–Trinajstić information content (AvgIpc) is 3.40. The second-order valence-corrected chi connectivity index (χ2v) is 18.3. The van der Waals surface area contributed by atoms with E-state index in [1.165, 1.54) is 121 Å².